The number of carbonyl (C=O) groups is 1. The molecule has 6 rings (SSSR count). The Morgan fingerprint density at radius 1 is 1.21 bits per heavy atom. The van der Waals surface area contributed by atoms with Crippen molar-refractivity contribution in [3.63, 3.8) is 0 Å². The highest BCUT2D eigenvalue weighted by atomic mass is 16.4. The minimum Gasteiger partial charge on any atom is -0.454 e. The van der Waals surface area contributed by atoms with E-state index in [1.807, 2.05) is 18.3 Å². The van der Waals surface area contributed by atoms with Crippen LogP contribution in [0.5, 0.6) is 0 Å². The third-order valence-electron chi connectivity index (χ3n) is 6.18. The summed E-state index contributed by atoms with van der Waals surface area (Å²) in [5.74, 6) is 3.60. The molecule has 2 aromatic rings. The SMILES string of the molecule is O=C(NC12CC3CC(CC(C3)C1)C2)c1ccc(Cn2cccn2)o1. The molecule has 2 heterocycles. The fraction of sp³-hybridized carbons (Fsp3) is 0.579. The number of aromatic nitrogens is 2. The predicted octanol–water partition coefficient (Wildman–Crippen LogP) is 3.22. The maximum atomic E-state index is 12.7. The first-order valence-corrected chi connectivity index (χ1v) is 9.06. The van der Waals surface area contributed by atoms with E-state index in [1.165, 1.54) is 19.3 Å². The van der Waals surface area contributed by atoms with E-state index in [9.17, 15) is 4.79 Å². The topological polar surface area (TPSA) is 60.1 Å². The van der Waals surface area contributed by atoms with Crippen molar-refractivity contribution in [2.75, 3.05) is 0 Å². The smallest absolute Gasteiger partial charge is 0.287 e. The third kappa shape index (κ3) is 2.46. The van der Waals surface area contributed by atoms with Gasteiger partial charge in [0.25, 0.3) is 5.91 Å². The first-order chi connectivity index (χ1) is 11.7. The number of hydrogen-bond acceptors (Lipinski definition) is 3. The largest absolute Gasteiger partial charge is 0.454 e. The van der Waals surface area contributed by atoms with Crippen LogP contribution in [0.3, 0.4) is 0 Å². The molecule has 5 heteroatoms. The molecule has 0 saturated heterocycles. The molecule has 24 heavy (non-hydrogen) atoms. The van der Waals surface area contributed by atoms with E-state index in [2.05, 4.69) is 10.4 Å². The molecule has 126 valence electrons. The summed E-state index contributed by atoms with van der Waals surface area (Å²) in [6.45, 7) is 0.553. The maximum absolute atomic E-state index is 12.7. The number of nitrogens with one attached hydrogen (secondary N) is 1. The van der Waals surface area contributed by atoms with Crippen molar-refractivity contribution in [3.8, 4) is 0 Å². The number of nitrogens with zero attached hydrogens (tertiary/aromatic N) is 2. The van der Waals surface area contributed by atoms with Gasteiger partial charge in [0.1, 0.15) is 5.76 Å². The second-order valence-electron chi connectivity index (χ2n) is 8.12. The molecule has 4 aliphatic carbocycles. The van der Waals surface area contributed by atoms with Crippen LogP contribution in [0.15, 0.2) is 35.0 Å². The number of carbonyl (C=O) groups excluding carboxylic acids is 1. The summed E-state index contributed by atoms with van der Waals surface area (Å²) in [6.07, 6.45) is 11.2. The predicted molar refractivity (Wildman–Crippen MR) is 88.4 cm³/mol. The molecule has 4 fully saturated rings. The second kappa shape index (κ2) is 5.23. The highest BCUT2D eigenvalue weighted by Crippen LogP contribution is 2.55. The summed E-state index contributed by atoms with van der Waals surface area (Å²) in [5.41, 5.74) is 0.0285. The van der Waals surface area contributed by atoms with Crippen molar-refractivity contribution in [1.29, 1.82) is 0 Å². The summed E-state index contributed by atoms with van der Waals surface area (Å²) >= 11 is 0. The first-order valence-electron chi connectivity index (χ1n) is 9.06. The van der Waals surface area contributed by atoms with E-state index in [0.717, 1.165) is 42.8 Å². The monoisotopic (exact) mass is 325 g/mol. The van der Waals surface area contributed by atoms with Gasteiger partial charge in [0.2, 0.25) is 0 Å². The second-order valence-corrected chi connectivity index (χ2v) is 8.12. The van der Waals surface area contributed by atoms with Gasteiger partial charge in [-0.25, -0.2) is 0 Å². The zero-order chi connectivity index (χ0) is 16.1. The van der Waals surface area contributed by atoms with Crippen LogP contribution in [0, 0.1) is 17.8 Å². The zero-order valence-corrected chi connectivity index (χ0v) is 13.8. The van der Waals surface area contributed by atoms with Crippen molar-refractivity contribution in [2.45, 2.75) is 50.6 Å². The lowest BCUT2D eigenvalue weighted by Crippen LogP contribution is -2.59. The van der Waals surface area contributed by atoms with E-state index in [1.54, 1.807) is 16.9 Å². The van der Waals surface area contributed by atoms with Crippen molar-refractivity contribution in [1.82, 2.24) is 15.1 Å². The third-order valence-corrected chi connectivity index (χ3v) is 6.18. The van der Waals surface area contributed by atoms with Gasteiger partial charge in [-0.1, -0.05) is 0 Å². The lowest BCUT2D eigenvalue weighted by Gasteiger charge is -2.56. The van der Waals surface area contributed by atoms with Gasteiger partial charge in [-0.2, -0.15) is 5.10 Å². The van der Waals surface area contributed by atoms with Crippen LogP contribution in [-0.2, 0) is 6.54 Å². The van der Waals surface area contributed by atoms with Crippen molar-refractivity contribution in [2.24, 2.45) is 17.8 Å². The van der Waals surface area contributed by atoms with Crippen LogP contribution >= 0.6 is 0 Å². The molecule has 5 nitrogen and oxygen atoms in total. The normalized spacial score (nSPS) is 33.8. The Balaban J connectivity index is 1.30. The van der Waals surface area contributed by atoms with E-state index in [4.69, 9.17) is 4.42 Å². The molecule has 4 saturated carbocycles. The van der Waals surface area contributed by atoms with Crippen LogP contribution in [0.4, 0.5) is 0 Å². The van der Waals surface area contributed by atoms with Crippen LogP contribution in [0.25, 0.3) is 0 Å². The molecule has 0 atom stereocenters. The van der Waals surface area contributed by atoms with Crippen molar-refractivity contribution >= 4 is 5.91 Å². The summed E-state index contributed by atoms with van der Waals surface area (Å²) in [6, 6.07) is 5.54. The molecule has 1 amide bonds. The summed E-state index contributed by atoms with van der Waals surface area (Å²) in [4.78, 5) is 12.7. The van der Waals surface area contributed by atoms with Crippen LogP contribution < -0.4 is 5.32 Å². The van der Waals surface area contributed by atoms with Crippen LogP contribution in [-0.4, -0.2) is 21.2 Å². The van der Waals surface area contributed by atoms with E-state index >= 15 is 0 Å². The number of amides is 1. The zero-order valence-electron chi connectivity index (χ0n) is 13.8. The van der Waals surface area contributed by atoms with E-state index in [-0.39, 0.29) is 11.4 Å². The fourth-order valence-electron chi connectivity index (χ4n) is 5.70. The Hall–Kier alpha value is -2.04. The highest BCUT2D eigenvalue weighted by molar-refractivity contribution is 5.92. The Morgan fingerprint density at radius 2 is 1.92 bits per heavy atom. The van der Waals surface area contributed by atoms with Gasteiger partial charge in [0.05, 0.1) is 6.54 Å². The van der Waals surface area contributed by atoms with E-state index < -0.39 is 0 Å². The van der Waals surface area contributed by atoms with Gasteiger partial charge >= 0.3 is 0 Å². The molecule has 1 N–H and O–H groups in total. The van der Waals surface area contributed by atoms with Crippen LogP contribution in [0.2, 0.25) is 0 Å². The Labute approximate surface area is 141 Å². The summed E-state index contributed by atoms with van der Waals surface area (Å²) < 4.78 is 7.55. The highest BCUT2D eigenvalue weighted by Gasteiger charge is 2.51. The van der Waals surface area contributed by atoms with Crippen LogP contribution in [0.1, 0.15) is 54.8 Å². The van der Waals surface area contributed by atoms with Gasteiger partial charge < -0.3 is 9.73 Å². The maximum Gasteiger partial charge on any atom is 0.287 e. The first kappa shape index (κ1) is 14.3. The molecule has 0 spiro atoms. The standard InChI is InChI=1S/C19H23N3O2/c23-18(17-3-2-16(24-17)12-22-5-1-4-20-22)21-19-9-13-6-14(10-19)8-15(7-13)11-19/h1-5,13-15H,6-12H2,(H,21,23). The van der Waals surface area contributed by atoms with Gasteiger partial charge in [0.15, 0.2) is 5.76 Å². The molecule has 4 bridgehead atoms. The number of rotatable bonds is 4. The average Bonchev–Trinajstić information content (AvgIpc) is 3.17. The summed E-state index contributed by atoms with van der Waals surface area (Å²) in [5, 5.41) is 7.53. The molecule has 0 aliphatic heterocycles. The van der Waals surface area contributed by atoms with Crippen molar-refractivity contribution in [3.05, 3.63) is 42.1 Å². The summed E-state index contributed by atoms with van der Waals surface area (Å²) in [7, 11) is 0. The molecule has 4 aliphatic rings. The molecule has 2 aromatic heterocycles. The van der Waals surface area contributed by atoms with Gasteiger partial charge in [0, 0.05) is 17.9 Å². The number of furan rings is 1. The molecule has 0 aromatic carbocycles. The van der Waals surface area contributed by atoms with E-state index in [0.29, 0.717) is 12.3 Å². The average molecular weight is 325 g/mol. The lowest BCUT2D eigenvalue weighted by molar-refractivity contribution is -0.0171. The van der Waals surface area contributed by atoms with Gasteiger partial charge in [-0.05, 0) is 74.5 Å². The Bertz CT molecular complexity index is 711. The molecule has 0 radical (unpaired) electrons. The van der Waals surface area contributed by atoms with Crippen molar-refractivity contribution < 1.29 is 9.21 Å². The minimum absolute atomic E-state index is 0.0285. The number of hydrogen-bond donors (Lipinski definition) is 1. The van der Waals surface area contributed by atoms with Gasteiger partial charge in [-0.3, -0.25) is 9.48 Å². The quantitative estimate of drug-likeness (QED) is 0.939. The Kier molecular flexibility index (Phi) is 3.12. The Morgan fingerprint density at radius 3 is 2.54 bits per heavy atom. The minimum atomic E-state index is -0.0522. The van der Waals surface area contributed by atoms with Gasteiger partial charge in [-0.15, -0.1) is 0 Å². The molecular formula is C19H23N3O2. The fourth-order valence-corrected chi connectivity index (χ4v) is 5.70. The molecule has 0 unspecified atom stereocenters. The molecular weight excluding hydrogens is 302 g/mol. The lowest BCUT2D eigenvalue weighted by atomic mass is 9.53.